The highest BCUT2D eigenvalue weighted by molar-refractivity contribution is 9.10. The highest BCUT2D eigenvalue weighted by Gasteiger charge is 2.45. The number of hydrogen-bond donors (Lipinski definition) is 2. The predicted molar refractivity (Wildman–Crippen MR) is 120 cm³/mol. The molecule has 6 nitrogen and oxygen atoms in total. The van der Waals surface area contributed by atoms with Gasteiger partial charge in [0.2, 0.25) is 6.33 Å². The van der Waals surface area contributed by atoms with Crippen molar-refractivity contribution in [1.29, 1.82) is 0 Å². The molecule has 2 aromatic carbocycles. The summed E-state index contributed by atoms with van der Waals surface area (Å²) in [5.74, 6) is -1.39. The van der Waals surface area contributed by atoms with Crippen molar-refractivity contribution in [3.63, 3.8) is 0 Å². The number of ketones is 1. The Kier molecular flexibility index (Phi) is 6.04. The normalized spacial score (nSPS) is 18.0. The van der Waals surface area contributed by atoms with Crippen LogP contribution in [0, 0.1) is 6.92 Å². The van der Waals surface area contributed by atoms with Gasteiger partial charge in [-0.25, -0.2) is 4.57 Å². The van der Waals surface area contributed by atoms with Gasteiger partial charge in [-0.05, 0) is 24.6 Å². The number of aryl methyl sites for hydroxylation is 2. The van der Waals surface area contributed by atoms with E-state index in [1.807, 2.05) is 66.6 Å². The molecular weight excluding hydrogens is 458 g/mol. The van der Waals surface area contributed by atoms with Crippen LogP contribution in [0.5, 0.6) is 0 Å². The Hall–Kier alpha value is -3.19. The SMILES string of the molecule is Cc1ccc(/C(O)=C2\C(=O)C(=O)N(CCC[n+]3cc[nH]c3)C2c2cccc(Br)c2)cc1. The van der Waals surface area contributed by atoms with Crippen LogP contribution >= 0.6 is 15.9 Å². The first-order chi connectivity index (χ1) is 15.0. The molecule has 1 fully saturated rings. The van der Waals surface area contributed by atoms with Gasteiger partial charge in [0.25, 0.3) is 11.7 Å². The number of nitrogens with zero attached hydrogens (tertiary/aromatic N) is 2. The van der Waals surface area contributed by atoms with Crippen LogP contribution in [0.4, 0.5) is 0 Å². The predicted octanol–water partition coefficient (Wildman–Crippen LogP) is 3.89. The molecule has 1 aliphatic heterocycles. The van der Waals surface area contributed by atoms with Crippen molar-refractivity contribution < 1.29 is 19.3 Å². The van der Waals surface area contributed by atoms with E-state index in [1.54, 1.807) is 17.0 Å². The Balaban J connectivity index is 1.73. The number of imidazole rings is 1. The summed E-state index contributed by atoms with van der Waals surface area (Å²) in [4.78, 5) is 30.6. The number of halogens is 1. The summed E-state index contributed by atoms with van der Waals surface area (Å²) in [5, 5.41) is 11.1. The van der Waals surface area contributed by atoms with Crippen molar-refractivity contribution in [2.75, 3.05) is 6.54 Å². The summed E-state index contributed by atoms with van der Waals surface area (Å²) in [7, 11) is 0. The van der Waals surface area contributed by atoms with Gasteiger partial charge in [-0.2, -0.15) is 0 Å². The maximum atomic E-state index is 13.0. The average Bonchev–Trinajstić information content (AvgIpc) is 3.36. The zero-order chi connectivity index (χ0) is 22.0. The minimum atomic E-state index is -0.655. The van der Waals surface area contributed by atoms with Crippen molar-refractivity contribution in [3.8, 4) is 0 Å². The molecule has 1 amide bonds. The lowest BCUT2D eigenvalue weighted by Crippen LogP contribution is -2.36. The maximum absolute atomic E-state index is 13.0. The smallest absolute Gasteiger partial charge is 0.295 e. The van der Waals surface area contributed by atoms with Crippen LogP contribution in [0.15, 0.2) is 77.3 Å². The number of aromatic nitrogens is 2. The fraction of sp³-hybridized carbons (Fsp3) is 0.208. The first kappa shape index (κ1) is 21.1. The largest absolute Gasteiger partial charge is 0.507 e. The van der Waals surface area contributed by atoms with Crippen LogP contribution in [-0.2, 0) is 16.1 Å². The molecule has 3 aromatic rings. The second kappa shape index (κ2) is 8.89. The van der Waals surface area contributed by atoms with E-state index in [2.05, 4.69) is 20.9 Å². The van der Waals surface area contributed by atoms with Crippen LogP contribution < -0.4 is 4.57 Å². The molecule has 4 rings (SSSR count). The van der Waals surface area contributed by atoms with E-state index in [9.17, 15) is 14.7 Å². The average molecular weight is 481 g/mol. The number of amides is 1. The lowest BCUT2D eigenvalue weighted by Gasteiger charge is -2.25. The molecule has 1 atom stereocenters. The van der Waals surface area contributed by atoms with Gasteiger partial charge >= 0.3 is 0 Å². The monoisotopic (exact) mass is 480 g/mol. The quantitative estimate of drug-likeness (QED) is 0.243. The molecule has 2 N–H and O–H groups in total. The summed E-state index contributed by atoms with van der Waals surface area (Å²) < 4.78 is 2.82. The number of Topliss-reactive ketones (excluding diaryl/α,β-unsaturated/α-hetero) is 1. The summed E-state index contributed by atoms with van der Waals surface area (Å²) >= 11 is 3.47. The van der Waals surface area contributed by atoms with Gasteiger partial charge in [-0.15, -0.1) is 0 Å². The number of carbonyl (C=O) groups is 2. The zero-order valence-electron chi connectivity index (χ0n) is 17.1. The van der Waals surface area contributed by atoms with E-state index in [-0.39, 0.29) is 11.3 Å². The Morgan fingerprint density at radius 2 is 1.97 bits per heavy atom. The number of rotatable bonds is 6. The molecule has 0 radical (unpaired) electrons. The van der Waals surface area contributed by atoms with Crippen molar-refractivity contribution >= 4 is 33.4 Å². The van der Waals surface area contributed by atoms with E-state index in [0.29, 0.717) is 25.1 Å². The summed E-state index contributed by atoms with van der Waals surface area (Å²) in [6, 6.07) is 14.1. The molecule has 1 saturated heterocycles. The van der Waals surface area contributed by atoms with Crippen molar-refractivity contribution in [2.24, 2.45) is 0 Å². The minimum Gasteiger partial charge on any atom is -0.507 e. The number of aromatic amines is 1. The molecule has 158 valence electrons. The molecule has 2 heterocycles. The number of carbonyl (C=O) groups excluding carboxylic acids is 2. The van der Waals surface area contributed by atoms with E-state index in [1.165, 1.54) is 0 Å². The topological polar surface area (TPSA) is 77.3 Å². The molecule has 31 heavy (non-hydrogen) atoms. The van der Waals surface area contributed by atoms with Gasteiger partial charge in [0.1, 0.15) is 18.2 Å². The van der Waals surface area contributed by atoms with Crippen LogP contribution in [-0.4, -0.2) is 33.2 Å². The number of aliphatic hydroxyl groups is 1. The first-order valence-corrected chi connectivity index (χ1v) is 10.9. The highest BCUT2D eigenvalue weighted by atomic mass is 79.9. The molecule has 1 aliphatic rings. The zero-order valence-corrected chi connectivity index (χ0v) is 18.7. The van der Waals surface area contributed by atoms with E-state index >= 15 is 0 Å². The van der Waals surface area contributed by atoms with Crippen LogP contribution in [0.25, 0.3) is 5.76 Å². The van der Waals surface area contributed by atoms with Gasteiger partial charge in [0, 0.05) is 23.0 Å². The lowest BCUT2D eigenvalue weighted by atomic mass is 9.95. The minimum absolute atomic E-state index is 0.126. The number of benzene rings is 2. The fourth-order valence-corrected chi connectivity index (χ4v) is 4.30. The second-order valence-electron chi connectivity index (χ2n) is 7.62. The Labute approximate surface area is 189 Å². The molecule has 0 spiro atoms. The summed E-state index contributed by atoms with van der Waals surface area (Å²) in [5.41, 5.74) is 2.46. The third-order valence-corrected chi connectivity index (χ3v) is 5.94. The van der Waals surface area contributed by atoms with Gasteiger partial charge in [0.05, 0.1) is 18.2 Å². The summed E-state index contributed by atoms with van der Waals surface area (Å²) in [6.45, 7) is 3.05. The number of nitrogens with one attached hydrogen (secondary N) is 1. The molecule has 1 aromatic heterocycles. The lowest BCUT2D eigenvalue weighted by molar-refractivity contribution is -0.695. The Morgan fingerprint density at radius 3 is 2.65 bits per heavy atom. The van der Waals surface area contributed by atoms with E-state index in [4.69, 9.17) is 0 Å². The fourth-order valence-electron chi connectivity index (χ4n) is 3.88. The molecule has 1 unspecified atom stereocenters. The van der Waals surface area contributed by atoms with E-state index in [0.717, 1.165) is 15.6 Å². The third-order valence-electron chi connectivity index (χ3n) is 5.45. The number of aliphatic hydroxyl groups excluding tert-OH is 1. The first-order valence-electron chi connectivity index (χ1n) is 10.1. The highest BCUT2D eigenvalue weighted by Crippen LogP contribution is 2.40. The Morgan fingerprint density at radius 1 is 1.19 bits per heavy atom. The van der Waals surface area contributed by atoms with Crippen molar-refractivity contribution in [2.45, 2.75) is 25.9 Å². The summed E-state index contributed by atoms with van der Waals surface area (Å²) in [6.07, 6.45) is 6.26. The Bertz CT molecular complexity index is 1140. The van der Waals surface area contributed by atoms with Crippen LogP contribution in [0.2, 0.25) is 0 Å². The third kappa shape index (κ3) is 4.32. The standard InChI is InChI=1S/C24H22BrN3O3/c1-16-6-8-17(9-7-16)22(29)20-21(18-4-2-5-19(25)14-18)28(24(31)23(20)30)12-3-11-27-13-10-26-15-27/h2,4-10,13-15,21H,3,11-12H2,1H3,(H,29,30)/p+1. The molecule has 0 aliphatic carbocycles. The number of likely N-dealkylation sites (tertiary alicyclic amines) is 1. The van der Waals surface area contributed by atoms with Crippen LogP contribution in [0.1, 0.15) is 29.2 Å². The molecule has 0 bridgehead atoms. The van der Waals surface area contributed by atoms with Gasteiger partial charge in [-0.1, -0.05) is 57.9 Å². The molecule has 7 heteroatoms. The maximum Gasteiger partial charge on any atom is 0.295 e. The second-order valence-corrected chi connectivity index (χ2v) is 8.53. The van der Waals surface area contributed by atoms with Gasteiger partial charge in [0.15, 0.2) is 0 Å². The molecular formula is C24H23BrN3O3+. The van der Waals surface area contributed by atoms with Gasteiger partial charge < -0.3 is 10.0 Å². The van der Waals surface area contributed by atoms with Gasteiger partial charge in [-0.3, -0.25) is 14.6 Å². The number of hydrogen-bond acceptors (Lipinski definition) is 3. The van der Waals surface area contributed by atoms with Crippen LogP contribution in [0.3, 0.4) is 0 Å². The van der Waals surface area contributed by atoms with Crippen molar-refractivity contribution in [1.82, 2.24) is 9.88 Å². The van der Waals surface area contributed by atoms with E-state index < -0.39 is 17.7 Å². The number of H-pyrrole nitrogens is 1. The van der Waals surface area contributed by atoms with Crippen molar-refractivity contribution in [3.05, 3.63) is 94.0 Å². The molecule has 0 saturated carbocycles.